The maximum Gasteiger partial charge on any atom is 0.416 e. The van der Waals surface area contributed by atoms with E-state index in [4.69, 9.17) is 0 Å². The number of carbonyl (C=O) groups excluding carboxylic acids is 1. The number of benzene rings is 2. The van der Waals surface area contributed by atoms with E-state index in [1.165, 1.54) is 30.5 Å². The number of alkyl halides is 3. The van der Waals surface area contributed by atoms with E-state index < -0.39 is 22.7 Å². The van der Waals surface area contributed by atoms with Crippen LogP contribution in [0.2, 0.25) is 0 Å². The molecule has 156 valence electrons. The van der Waals surface area contributed by atoms with Crippen LogP contribution in [0.3, 0.4) is 0 Å². The van der Waals surface area contributed by atoms with E-state index in [1.807, 2.05) is 0 Å². The molecule has 4 rings (SSSR count). The van der Waals surface area contributed by atoms with E-state index in [0.29, 0.717) is 16.5 Å². The van der Waals surface area contributed by atoms with Crippen LogP contribution in [-0.2, 0) is 6.18 Å². The maximum atomic E-state index is 13.4. The van der Waals surface area contributed by atoms with Gasteiger partial charge >= 0.3 is 6.18 Å². The van der Waals surface area contributed by atoms with E-state index in [2.05, 4.69) is 4.98 Å². The average molecular weight is 417 g/mol. The monoisotopic (exact) mass is 417 g/mol. The molecule has 1 fully saturated rings. The Morgan fingerprint density at radius 2 is 1.97 bits per heavy atom. The van der Waals surface area contributed by atoms with Gasteiger partial charge in [0.1, 0.15) is 0 Å². The van der Waals surface area contributed by atoms with E-state index >= 15 is 0 Å². The smallest absolute Gasteiger partial charge is 0.360 e. The molecule has 1 saturated carbocycles. The van der Waals surface area contributed by atoms with Crippen LogP contribution in [0.4, 0.5) is 18.9 Å². The molecule has 1 aliphatic rings. The number of nitro groups is 1. The second-order valence-corrected chi connectivity index (χ2v) is 7.43. The number of nitro benzene ring substituents is 1. The largest absolute Gasteiger partial charge is 0.416 e. The van der Waals surface area contributed by atoms with Crippen molar-refractivity contribution < 1.29 is 22.9 Å². The highest BCUT2D eigenvalue weighted by atomic mass is 19.4. The molecule has 0 radical (unpaired) electrons. The zero-order chi connectivity index (χ0) is 21.6. The van der Waals surface area contributed by atoms with Crippen LogP contribution in [0.25, 0.3) is 10.9 Å². The molecule has 1 atom stereocenters. The molecule has 1 unspecified atom stereocenters. The Kier molecular flexibility index (Phi) is 4.76. The van der Waals surface area contributed by atoms with Crippen molar-refractivity contribution in [3.05, 3.63) is 75.5 Å². The lowest BCUT2D eigenvalue weighted by Gasteiger charge is -2.30. The van der Waals surface area contributed by atoms with Crippen molar-refractivity contribution in [2.45, 2.75) is 38.0 Å². The molecule has 1 aromatic heterocycles. The van der Waals surface area contributed by atoms with Gasteiger partial charge in [-0.15, -0.1) is 0 Å². The van der Waals surface area contributed by atoms with Gasteiger partial charge in [-0.3, -0.25) is 14.9 Å². The van der Waals surface area contributed by atoms with Crippen LogP contribution in [0, 0.1) is 10.1 Å². The summed E-state index contributed by atoms with van der Waals surface area (Å²) >= 11 is 0. The number of non-ortho nitro benzene ring substituents is 1. The third-order valence-corrected chi connectivity index (χ3v) is 5.39. The van der Waals surface area contributed by atoms with Crippen molar-refractivity contribution in [2.75, 3.05) is 0 Å². The lowest BCUT2D eigenvalue weighted by atomic mass is 10.0. The van der Waals surface area contributed by atoms with Crippen LogP contribution in [0.1, 0.15) is 47.3 Å². The van der Waals surface area contributed by atoms with Gasteiger partial charge in [0.2, 0.25) is 0 Å². The third-order valence-electron chi connectivity index (χ3n) is 5.39. The van der Waals surface area contributed by atoms with Crippen LogP contribution in [0.15, 0.2) is 48.7 Å². The molecular formula is C21H18F3N3O3. The summed E-state index contributed by atoms with van der Waals surface area (Å²) < 4.78 is 39.4. The molecule has 1 amide bonds. The van der Waals surface area contributed by atoms with Gasteiger partial charge in [-0.1, -0.05) is 12.1 Å². The van der Waals surface area contributed by atoms with Crippen LogP contribution >= 0.6 is 0 Å². The second kappa shape index (κ2) is 7.16. The van der Waals surface area contributed by atoms with Crippen LogP contribution in [-0.4, -0.2) is 26.8 Å². The van der Waals surface area contributed by atoms with Gasteiger partial charge in [-0.2, -0.15) is 13.2 Å². The molecule has 0 saturated heterocycles. The summed E-state index contributed by atoms with van der Waals surface area (Å²) in [5, 5.41) is 11.5. The molecule has 0 aliphatic heterocycles. The van der Waals surface area contributed by atoms with Crippen molar-refractivity contribution in [3.8, 4) is 0 Å². The summed E-state index contributed by atoms with van der Waals surface area (Å²) in [6.07, 6.45) is -1.46. The van der Waals surface area contributed by atoms with Gasteiger partial charge in [-0.25, -0.2) is 0 Å². The Labute approximate surface area is 169 Å². The highest BCUT2D eigenvalue weighted by Gasteiger charge is 2.38. The second-order valence-electron chi connectivity index (χ2n) is 7.43. The van der Waals surface area contributed by atoms with Crippen molar-refractivity contribution in [1.82, 2.24) is 9.88 Å². The molecule has 6 nitrogen and oxygen atoms in total. The number of H-pyrrole nitrogens is 1. The first-order chi connectivity index (χ1) is 14.2. The molecule has 0 spiro atoms. The fourth-order valence-electron chi connectivity index (χ4n) is 3.68. The highest BCUT2D eigenvalue weighted by molar-refractivity contribution is 6.07. The highest BCUT2D eigenvalue weighted by Crippen LogP contribution is 2.38. The lowest BCUT2D eigenvalue weighted by molar-refractivity contribution is -0.384. The molecular weight excluding hydrogens is 399 g/mol. The summed E-state index contributed by atoms with van der Waals surface area (Å²) in [6.45, 7) is 1.70. The van der Waals surface area contributed by atoms with Gasteiger partial charge in [0.25, 0.3) is 11.6 Å². The summed E-state index contributed by atoms with van der Waals surface area (Å²) in [5.74, 6) is -0.367. The van der Waals surface area contributed by atoms with Gasteiger partial charge < -0.3 is 9.88 Å². The standard InChI is InChI=1S/C21H18F3N3O3/c1-12(13-3-2-4-14(9-13)21(22,23)24)26(15-5-6-15)20(28)18-11-25-19-8-7-16(27(29)30)10-17(18)19/h2-4,7-12,15,25H,5-6H2,1H3. The molecule has 1 N–H and O–H groups in total. The van der Waals surface area contributed by atoms with Crippen molar-refractivity contribution >= 4 is 22.5 Å². The van der Waals surface area contributed by atoms with Gasteiger partial charge in [0.05, 0.1) is 22.1 Å². The minimum Gasteiger partial charge on any atom is -0.360 e. The average Bonchev–Trinajstić information content (AvgIpc) is 3.44. The van der Waals surface area contributed by atoms with Gasteiger partial charge in [-0.05, 0) is 43.5 Å². The predicted molar refractivity (Wildman–Crippen MR) is 104 cm³/mol. The topological polar surface area (TPSA) is 79.2 Å². The van der Waals surface area contributed by atoms with Crippen molar-refractivity contribution in [3.63, 3.8) is 0 Å². The number of nitrogens with zero attached hydrogens (tertiary/aromatic N) is 2. The maximum absolute atomic E-state index is 13.4. The Hall–Kier alpha value is -3.36. The fourth-order valence-corrected chi connectivity index (χ4v) is 3.68. The summed E-state index contributed by atoms with van der Waals surface area (Å²) in [5.41, 5.74) is 0.319. The Balaban J connectivity index is 1.72. The number of aromatic nitrogens is 1. The number of hydrogen-bond acceptors (Lipinski definition) is 3. The summed E-state index contributed by atoms with van der Waals surface area (Å²) in [6, 6.07) is 8.51. The first kappa shape index (κ1) is 19.9. The number of rotatable bonds is 5. The van der Waals surface area contributed by atoms with E-state index in [0.717, 1.165) is 25.0 Å². The SMILES string of the molecule is CC(c1cccc(C(F)(F)F)c1)N(C(=O)c1c[nH]c2ccc([N+](=O)[O-])cc12)C1CC1. The molecule has 1 aliphatic carbocycles. The van der Waals surface area contributed by atoms with Crippen LogP contribution in [0.5, 0.6) is 0 Å². The Bertz CT molecular complexity index is 1140. The number of fused-ring (bicyclic) bond motifs is 1. The molecule has 0 bridgehead atoms. The minimum atomic E-state index is -4.47. The minimum absolute atomic E-state index is 0.0781. The molecule has 2 aromatic carbocycles. The fraction of sp³-hybridized carbons (Fsp3) is 0.286. The number of nitrogens with one attached hydrogen (secondary N) is 1. The molecule has 9 heteroatoms. The number of aromatic amines is 1. The van der Waals surface area contributed by atoms with E-state index in [-0.39, 0.29) is 23.2 Å². The lowest BCUT2D eigenvalue weighted by Crippen LogP contribution is -2.35. The summed E-state index contributed by atoms with van der Waals surface area (Å²) in [7, 11) is 0. The zero-order valence-corrected chi connectivity index (χ0v) is 15.9. The third kappa shape index (κ3) is 3.62. The summed E-state index contributed by atoms with van der Waals surface area (Å²) in [4.78, 5) is 28.5. The number of halogens is 3. The number of hydrogen-bond donors (Lipinski definition) is 1. The quantitative estimate of drug-likeness (QED) is 0.442. The van der Waals surface area contributed by atoms with Crippen LogP contribution < -0.4 is 0 Å². The van der Waals surface area contributed by atoms with Crippen molar-refractivity contribution in [2.24, 2.45) is 0 Å². The van der Waals surface area contributed by atoms with Gasteiger partial charge in [0.15, 0.2) is 0 Å². The number of carbonyl (C=O) groups is 1. The van der Waals surface area contributed by atoms with Gasteiger partial charge in [0, 0.05) is 35.3 Å². The normalized spacial score (nSPS) is 15.2. The predicted octanol–water partition coefficient (Wildman–Crippen LogP) is 5.46. The van der Waals surface area contributed by atoms with Crippen molar-refractivity contribution in [1.29, 1.82) is 0 Å². The molecule has 3 aromatic rings. The Morgan fingerprint density at radius 3 is 2.60 bits per heavy atom. The molecule has 1 heterocycles. The Morgan fingerprint density at radius 1 is 1.23 bits per heavy atom. The number of amides is 1. The molecule has 30 heavy (non-hydrogen) atoms. The first-order valence-corrected chi connectivity index (χ1v) is 9.42. The zero-order valence-electron chi connectivity index (χ0n) is 15.9. The van der Waals surface area contributed by atoms with E-state index in [1.54, 1.807) is 17.9 Å². The van der Waals surface area contributed by atoms with E-state index in [9.17, 15) is 28.1 Å². The first-order valence-electron chi connectivity index (χ1n) is 9.42.